The monoisotopic (exact) mass is 291 g/mol. The topological polar surface area (TPSA) is 47.6 Å². The van der Waals surface area contributed by atoms with Crippen LogP contribution in [0.1, 0.15) is 25.8 Å². The Labute approximate surface area is 126 Å². The Morgan fingerprint density at radius 1 is 1.48 bits per heavy atom. The predicted octanol–water partition coefficient (Wildman–Crippen LogP) is 2.42. The molecule has 0 radical (unpaired) electrons. The van der Waals surface area contributed by atoms with Gasteiger partial charge in [-0.3, -0.25) is 4.79 Å². The van der Waals surface area contributed by atoms with E-state index in [1.54, 1.807) is 7.11 Å². The minimum Gasteiger partial charge on any atom is -0.497 e. The highest BCUT2D eigenvalue weighted by atomic mass is 16.5. The van der Waals surface area contributed by atoms with Gasteiger partial charge in [0.05, 0.1) is 19.6 Å². The van der Waals surface area contributed by atoms with Crippen LogP contribution in [0.2, 0.25) is 0 Å². The van der Waals surface area contributed by atoms with Crippen LogP contribution >= 0.6 is 0 Å². The molecular weight excluding hydrogens is 266 g/mol. The first-order valence-electron chi connectivity index (χ1n) is 7.61. The predicted molar refractivity (Wildman–Crippen MR) is 82.4 cm³/mol. The van der Waals surface area contributed by atoms with E-state index in [1.165, 1.54) is 0 Å². The minimum absolute atomic E-state index is 0.0534. The number of rotatable bonds is 6. The van der Waals surface area contributed by atoms with Crippen molar-refractivity contribution in [3.8, 4) is 5.75 Å². The Kier molecular flexibility index (Phi) is 5.62. The van der Waals surface area contributed by atoms with Gasteiger partial charge in [0.25, 0.3) is 0 Å². The summed E-state index contributed by atoms with van der Waals surface area (Å²) in [6.07, 6.45) is 1.68. The molecule has 0 saturated carbocycles. The second-order valence-corrected chi connectivity index (χ2v) is 5.96. The number of methoxy groups -OCH3 is 1. The second-order valence-electron chi connectivity index (χ2n) is 5.96. The molecule has 1 saturated heterocycles. The Balaban J connectivity index is 1.82. The maximum absolute atomic E-state index is 12.1. The van der Waals surface area contributed by atoms with E-state index < -0.39 is 0 Å². The van der Waals surface area contributed by atoms with Crippen molar-refractivity contribution in [3.63, 3.8) is 0 Å². The number of ether oxygens (including phenoxy) is 2. The molecular formula is C17H25NO3. The van der Waals surface area contributed by atoms with Crippen LogP contribution in [-0.4, -0.2) is 32.3 Å². The Hall–Kier alpha value is -1.55. The fourth-order valence-electron chi connectivity index (χ4n) is 2.89. The number of nitrogens with one attached hydrogen (secondary N) is 1. The zero-order valence-electron chi connectivity index (χ0n) is 13.1. The first kappa shape index (κ1) is 15.8. The van der Waals surface area contributed by atoms with Gasteiger partial charge < -0.3 is 14.8 Å². The van der Waals surface area contributed by atoms with Crippen molar-refractivity contribution in [1.29, 1.82) is 0 Å². The van der Waals surface area contributed by atoms with Crippen LogP contribution in [-0.2, 0) is 16.0 Å². The van der Waals surface area contributed by atoms with Crippen molar-refractivity contribution in [2.24, 2.45) is 11.8 Å². The highest BCUT2D eigenvalue weighted by molar-refractivity contribution is 5.78. The van der Waals surface area contributed by atoms with Crippen molar-refractivity contribution in [2.45, 2.75) is 32.8 Å². The molecule has 1 amide bonds. The molecule has 1 aliphatic rings. The average Bonchev–Trinajstić information content (AvgIpc) is 2.94. The molecule has 2 atom stereocenters. The largest absolute Gasteiger partial charge is 0.497 e. The summed E-state index contributed by atoms with van der Waals surface area (Å²) < 4.78 is 10.9. The first-order chi connectivity index (χ1) is 10.1. The van der Waals surface area contributed by atoms with Crippen LogP contribution < -0.4 is 10.1 Å². The number of hydrogen-bond donors (Lipinski definition) is 1. The van der Waals surface area contributed by atoms with E-state index in [2.05, 4.69) is 19.2 Å². The van der Waals surface area contributed by atoms with Crippen molar-refractivity contribution < 1.29 is 14.3 Å². The van der Waals surface area contributed by atoms with E-state index in [9.17, 15) is 4.79 Å². The van der Waals surface area contributed by atoms with E-state index in [0.29, 0.717) is 24.8 Å². The molecule has 4 heteroatoms. The summed E-state index contributed by atoms with van der Waals surface area (Å²) in [6, 6.07) is 7.62. The van der Waals surface area contributed by atoms with Crippen LogP contribution in [0.5, 0.6) is 5.75 Å². The lowest BCUT2D eigenvalue weighted by Crippen LogP contribution is -2.35. The average molecular weight is 291 g/mol. The van der Waals surface area contributed by atoms with Crippen LogP contribution in [0, 0.1) is 11.8 Å². The van der Waals surface area contributed by atoms with Gasteiger partial charge in [0.2, 0.25) is 5.91 Å². The van der Waals surface area contributed by atoms with E-state index in [1.807, 2.05) is 24.3 Å². The molecule has 0 spiro atoms. The van der Waals surface area contributed by atoms with E-state index in [-0.39, 0.29) is 12.0 Å². The second kappa shape index (κ2) is 7.46. The highest BCUT2D eigenvalue weighted by Gasteiger charge is 2.30. The molecule has 1 aromatic rings. The van der Waals surface area contributed by atoms with E-state index >= 15 is 0 Å². The lowest BCUT2D eigenvalue weighted by molar-refractivity contribution is -0.120. The van der Waals surface area contributed by atoms with Gasteiger partial charge in [0.15, 0.2) is 0 Å². The van der Waals surface area contributed by atoms with Crippen LogP contribution in [0.15, 0.2) is 24.3 Å². The summed E-state index contributed by atoms with van der Waals surface area (Å²) in [7, 11) is 1.63. The maximum Gasteiger partial charge on any atom is 0.224 e. The third-order valence-electron chi connectivity index (χ3n) is 3.98. The molecule has 0 bridgehead atoms. The van der Waals surface area contributed by atoms with Crippen LogP contribution in [0.4, 0.5) is 0 Å². The van der Waals surface area contributed by atoms with Crippen LogP contribution in [0.25, 0.3) is 0 Å². The maximum atomic E-state index is 12.1. The zero-order valence-corrected chi connectivity index (χ0v) is 13.1. The molecule has 1 aliphatic heterocycles. The van der Waals surface area contributed by atoms with E-state index in [0.717, 1.165) is 24.3 Å². The number of amides is 1. The third-order valence-corrected chi connectivity index (χ3v) is 3.98. The molecule has 116 valence electrons. The molecule has 1 aromatic carbocycles. The first-order valence-corrected chi connectivity index (χ1v) is 7.61. The van der Waals surface area contributed by atoms with Gasteiger partial charge in [-0.2, -0.15) is 0 Å². The van der Waals surface area contributed by atoms with Crippen molar-refractivity contribution in [1.82, 2.24) is 5.32 Å². The molecule has 21 heavy (non-hydrogen) atoms. The summed E-state index contributed by atoms with van der Waals surface area (Å²) in [5, 5.41) is 3.04. The van der Waals surface area contributed by atoms with Crippen molar-refractivity contribution in [3.05, 3.63) is 29.8 Å². The quantitative estimate of drug-likeness (QED) is 0.875. The Morgan fingerprint density at radius 2 is 2.29 bits per heavy atom. The van der Waals surface area contributed by atoms with Gasteiger partial charge >= 0.3 is 0 Å². The summed E-state index contributed by atoms with van der Waals surface area (Å²) in [6.45, 7) is 5.84. The van der Waals surface area contributed by atoms with Crippen molar-refractivity contribution in [2.75, 3.05) is 20.3 Å². The lowest BCUT2D eigenvalue weighted by Gasteiger charge is -2.22. The SMILES string of the molecule is COc1cccc(CC(=O)NC[C@H]2CCO[C@@H]2C(C)C)c1. The van der Waals surface area contributed by atoms with Crippen molar-refractivity contribution >= 4 is 5.91 Å². The zero-order chi connectivity index (χ0) is 15.2. The van der Waals surface area contributed by atoms with Gasteiger partial charge in [0.1, 0.15) is 5.75 Å². The molecule has 0 aliphatic carbocycles. The van der Waals surface area contributed by atoms with E-state index in [4.69, 9.17) is 9.47 Å². The van der Waals surface area contributed by atoms with Gasteiger partial charge in [-0.15, -0.1) is 0 Å². The highest BCUT2D eigenvalue weighted by Crippen LogP contribution is 2.26. The number of hydrogen-bond acceptors (Lipinski definition) is 3. The molecule has 1 fully saturated rings. The number of benzene rings is 1. The smallest absolute Gasteiger partial charge is 0.224 e. The number of carbonyl (C=O) groups excluding carboxylic acids is 1. The molecule has 2 rings (SSSR count). The van der Waals surface area contributed by atoms with Gasteiger partial charge in [-0.05, 0) is 30.0 Å². The summed E-state index contributed by atoms with van der Waals surface area (Å²) in [5.74, 6) is 1.76. The lowest BCUT2D eigenvalue weighted by atomic mass is 9.93. The summed E-state index contributed by atoms with van der Waals surface area (Å²) in [5.41, 5.74) is 0.968. The Morgan fingerprint density at radius 3 is 3.00 bits per heavy atom. The standard InChI is InChI=1S/C17H25NO3/c1-12(2)17-14(7-8-21-17)11-18-16(19)10-13-5-4-6-15(9-13)20-3/h4-6,9,12,14,17H,7-8,10-11H2,1-3H3,(H,18,19)/t14-,17-/m1/s1. The molecule has 1 heterocycles. The normalized spacial score (nSPS) is 21.5. The van der Waals surface area contributed by atoms with Gasteiger partial charge in [-0.1, -0.05) is 26.0 Å². The van der Waals surface area contributed by atoms with Crippen LogP contribution in [0.3, 0.4) is 0 Å². The van der Waals surface area contributed by atoms with Gasteiger partial charge in [-0.25, -0.2) is 0 Å². The fraction of sp³-hybridized carbons (Fsp3) is 0.588. The molecule has 0 aromatic heterocycles. The number of carbonyl (C=O) groups is 1. The summed E-state index contributed by atoms with van der Waals surface area (Å²) in [4.78, 5) is 12.1. The summed E-state index contributed by atoms with van der Waals surface area (Å²) >= 11 is 0. The molecule has 0 unspecified atom stereocenters. The van der Waals surface area contributed by atoms with Gasteiger partial charge in [0, 0.05) is 19.1 Å². The minimum atomic E-state index is 0.0534. The Bertz CT molecular complexity index is 473. The third kappa shape index (κ3) is 4.46. The fourth-order valence-corrected chi connectivity index (χ4v) is 2.89. The molecule has 1 N–H and O–H groups in total. The molecule has 4 nitrogen and oxygen atoms in total.